The number of piperazine rings is 1. The third kappa shape index (κ3) is 3.84. The van der Waals surface area contributed by atoms with Crippen molar-refractivity contribution >= 4 is 34.8 Å². The van der Waals surface area contributed by atoms with Gasteiger partial charge in [0.05, 0.1) is 22.2 Å². The Kier molecular flexibility index (Phi) is 4.81. The van der Waals surface area contributed by atoms with Crippen molar-refractivity contribution in [2.45, 2.75) is 6.18 Å². The normalized spacial score (nSPS) is 15.2. The number of benzene rings is 2. The number of rotatable bonds is 2. The van der Waals surface area contributed by atoms with E-state index >= 15 is 0 Å². The summed E-state index contributed by atoms with van der Waals surface area (Å²) in [7, 11) is 0. The van der Waals surface area contributed by atoms with Crippen LogP contribution in [0, 0.1) is 10.6 Å². The molecule has 1 aliphatic heterocycles. The molecule has 2 aromatic carbocycles. The molecule has 5 nitrogen and oxygen atoms in total. The summed E-state index contributed by atoms with van der Waals surface area (Å²) in [4.78, 5) is 21.9. The highest BCUT2D eigenvalue weighted by atomic mass is 32.1. The number of fused-ring (bicyclic) bond motifs is 1. The van der Waals surface area contributed by atoms with Gasteiger partial charge < -0.3 is 19.8 Å². The van der Waals surface area contributed by atoms with Gasteiger partial charge in [0.1, 0.15) is 5.82 Å². The van der Waals surface area contributed by atoms with Crippen LogP contribution in [-0.2, 0) is 6.18 Å². The molecule has 0 radical (unpaired) electrons. The summed E-state index contributed by atoms with van der Waals surface area (Å²) >= 11 is 5.02. The van der Waals surface area contributed by atoms with Gasteiger partial charge in [-0.2, -0.15) is 13.2 Å². The number of hydrogen-bond acceptors (Lipinski definition) is 3. The van der Waals surface area contributed by atoms with Crippen LogP contribution in [0.25, 0.3) is 11.0 Å². The molecule has 1 aromatic heterocycles. The molecule has 1 fully saturated rings. The van der Waals surface area contributed by atoms with Crippen LogP contribution in [0.1, 0.15) is 15.9 Å². The first-order valence-corrected chi connectivity index (χ1v) is 9.26. The number of carbonyl (C=O) groups excluding carboxylic acids is 1. The minimum atomic E-state index is -4.41. The highest BCUT2D eigenvalue weighted by Crippen LogP contribution is 2.32. The maximum Gasteiger partial charge on any atom is 0.416 e. The second kappa shape index (κ2) is 7.18. The smallest absolute Gasteiger partial charge is 0.368 e. The molecule has 29 heavy (non-hydrogen) atoms. The van der Waals surface area contributed by atoms with Crippen LogP contribution in [-0.4, -0.2) is 47.0 Å². The summed E-state index contributed by atoms with van der Waals surface area (Å²) in [6.07, 6.45) is -4.41. The molecule has 2 heterocycles. The molecule has 0 aliphatic carbocycles. The molecule has 1 aliphatic rings. The standard InChI is InChI=1S/C19H16F4N4OS/c20-12-9-14(16-15(10-12)24-18(29)25-16)17(28)27-6-4-26(5-7-27)13-3-1-2-11(8-13)19(21,22)23/h1-3,8-10H,4-7H2,(H2,24,25,29). The molecule has 2 N–H and O–H groups in total. The van der Waals surface area contributed by atoms with Crippen molar-refractivity contribution in [2.24, 2.45) is 0 Å². The van der Waals surface area contributed by atoms with Crippen molar-refractivity contribution in [3.05, 3.63) is 58.1 Å². The molecule has 0 unspecified atom stereocenters. The fourth-order valence-electron chi connectivity index (χ4n) is 3.49. The minimum Gasteiger partial charge on any atom is -0.368 e. The Morgan fingerprint density at radius 3 is 2.45 bits per heavy atom. The number of nitrogens with zero attached hydrogens (tertiary/aromatic N) is 2. The summed E-state index contributed by atoms with van der Waals surface area (Å²) in [5.41, 5.74) is 0.746. The molecule has 1 amide bonds. The third-order valence-electron chi connectivity index (χ3n) is 4.93. The van der Waals surface area contributed by atoms with Crippen LogP contribution >= 0.6 is 12.2 Å². The summed E-state index contributed by atoms with van der Waals surface area (Å²) in [5.74, 6) is -0.919. The zero-order valence-electron chi connectivity index (χ0n) is 15.0. The van der Waals surface area contributed by atoms with Gasteiger partial charge in [0, 0.05) is 31.9 Å². The van der Waals surface area contributed by atoms with Crippen molar-refractivity contribution in [3.63, 3.8) is 0 Å². The summed E-state index contributed by atoms with van der Waals surface area (Å²) < 4.78 is 53.0. The lowest BCUT2D eigenvalue weighted by Gasteiger charge is -2.36. The van der Waals surface area contributed by atoms with Crippen LogP contribution < -0.4 is 4.90 Å². The lowest BCUT2D eigenvalue weighted by molar-refractivity contribution is -0.137. The number of aromatic nitrogens is 2. The van der Waals surface area contributed by atoms with Crippen molar-refractivity contribution in [1.29, 1.82) is 0 Å². The third-order valence-corrected chi connectivity index (χ3v) is 5.13. The largest absolute Gasteiger partial charge is 0.416 e. The van der Waals surface area contributed by atoms with E-state index in [0.717, 1.165) is 18.2 Å². The summed E-state index contributed by atoms with van der Waals surface area (Å²) in [6, 6.07) is 7.52. The zero-order chi connectivity index (χ0) is 20.8. The van der Waals surface area contributed by atoms with Crippen molar-refractivity contribution < 1.29 is 22.4 Å². The molecular formula is C19H16F4N4OS. The maximum atomic E-state index is 13.9. The van der Waals surface area contributed by atoms with Gasteiger partial charge in [-0.15, -0.1) is 0 Å². The van der Waals surface area contributed by atoms with Crippen molar-refractivity contribution in [3.8, 4) is 0 Å². The van der Waals surface area contributed by atoms with E-state index in [0.29, 0.717) is 42.9 Å². The van der Waals surface area contributed by atoms with E-state index in [1.165, 1.54) is 12.1 Å². The average molecular weight is 424 g/mol. The molecular weight excluding hydrogens is 408 g/mol. The first-order valence-electron chi connectivity index (χ1n) is 8.85. The number of halogens is 4. The monoisotopic (exact) mass is 424 g/mol. The van der Waals surface area contributed by atoms with E-state index in [1.807, 2.05) is 0 Å². The first kappa shape index (κ1) is 19.4. The number of aromatic amines is 2. The number of hydrogen-bond donors (Lipinski definition) is 2. The van der Waals surface area contributed by atoms with Gasteiger partial charge in [0.2, 0.25) is 0 Å². The van der Waals surface area contributed by atoms with E-state index in [4.69, 9.17) is 12.2 Å². The van der Waals surface area contributed by atoms with Gasteiger partial charge in [0.15, 0.2) is 4.77 Å². The summed E-state index contributed by atoms with van der Waals surface area (Å²) in [5, 5.41) is 0. The Balaban J connectivity index is 1.52. The topological polar surface area (TPSA) is 55.1 Å². The molecule has 10 heteroatoms. The first-order chi connectivity index (χ1) is 13.7. The second-order valence-electron chi connectivity index (χ2n) is 6.78. The van der Waals surface area contributed by atoms with Crippen molar-refractivity contribution in [2.75, 3.05) is 31.1 Å². The van der Waals surface area contributed by atoms with E-state index in [2.05, 4.69) is 9.97 Å². The number of alkyl halides is 3. The maximum absolute atomic E-state index is 13.9. The quantitative estimate of drug-likeness (QED) is 0.475. The van der Waals surface area contributed by atoms with Crippen molar-refractivity contribution in [1.82, 2.24) is 14.9 Å². The Morgan fingerprint density at radius 2 is 1.76 bits per heavy atom. The minimum absolute atomic E-state index is 0.167. The Labute approximate surface area is 167 Å². The number of carbonyl (C=O) groups is 1. The van der Waals surface area contributed by atoms with Crippen LogP contribution in [0.5, 0.6) is 0 Å². The van der Waals surface area contributed by atoms with Gasteiger partial charge in [-0.3, -0.25) is 4.79 Å². The Hall–Kier alpha value is -2.88. The highest BCUT2D eigenvalue weighted by Gasteiger charge is 2.31. The average Bonchev–Trinajstić information content (AvgIpc) is 3.06. The van der Waals surface area contributed by atoms with E-state index in [-0.39, 0.29) is 16.2 Å². The Morgan fingerprint density at radius 1 is 1.03 bits per heavy atom. The van der Waals surface area contributed by atoms with E-state index in [9.17, 15) is 22.4 Å². The van der Waals surface area contributed by atoms with Gasteiger partial charge in [-0.05, 0) is 42.5 Å². The molecule has 0 bridgehead atoms. The number of nitrogens with one attached hydrogen (secondary N) is 2. The van der Waals surface area contributed by atoms with Crippen LogP contribution in [0.3, 0.4) is 0 Å². The highest BCUT2D eigenvalue weighted by molar-refractivity contribution is 7.71. The van der Waals surface area contributed by atoms with Gasteiger partial charge in [-0.1, -0.05) is 6.07 Å². The number of anilines is 1. The SMILES string of the molecule is O=C(c1cc(F)cc2[nH]c(=S)[nH]c12)N1CCN(c2cccc(C(F)(F)F)c2)CC1. The van der Waals surface area contributed by atoms with Gasteiger partial charge in [-0.25, -0.2) is 4.39 Å². The number of imidazole rings is 1. The lowest BCUT2D eigenvalue weighted by atomic mass is 10.1. The predicted molar refractivity (Wildman–Crippen MR) is 103 cm³/mol. The van der Waals surface area contributed by atoms with Crippen LogP contribution in [0.15, 0.2) is 36.4 Å². The van der Waals surface area contributed by atoms with E-state index < -0.39 is 17.6 Å². The van der Waals surface area contributed by atoms with Gasteiger partial charge >= 0.3 is 6.18 Å². The zero-order valence-corrected chi connectivity index (χ0v) is 15.8. The van der Waals surface area contributed by atoms with Gasteiger partial charge in [0.25, 0.3) is 5.91 Å². The fourth-order valence-corrected chi connectivity index (χ4v) is 3.70. The fraction of sp³-hybridized carbons (Fsp3) is 0.263. The molecule has 0 atom stereocenters. The summed E-state index contributed by atoms with van der Waals surface area (Å²) in [6.45, 7) is 1.35. The molecule has 152 valence electrons. The predicted octanol–water partition coefficient (Wildman–Crippen LogP) is 4.35. The molecule has 0 saturated carbocycles. The Bertz CT molecular complexity index is 1130. The lowest BCUT2D eigenvalue weighted by Crippen LogP contribution is -2.48. The molecule has 4 rings (SSSR count). The number of amides is 1. The molecule has 1 saturated heterocycles. The van der Waals surface area contributed by atoms with Crippen LogP contribution in [0.4, 0.5) is 23.2 Å². The molecule has 0 spiro atoms. The van der Waals surface area contributed by atoms with Crippen LogP contribution in [0.2, 0.25) is 0 Å². The molecule has 3 aromatic rings. The van der Waals surface area contributed by atoms with E-state index in [1.54, 1.807) is 15.9 Å². The second-order valence-corrected chi connectivity index (χ2v) is 7.19. The number of H-pyrrole nitrogens is 2.